The van der Waals surface area contributed by atoms with Crippen LogP contribution in [0.2, 0.25) is 0 Å². The summed E-state index contributed by atoms with van der Waals surface area (Å²) in [6, 6.07) is 0. The molecule has 0 heterocycles. The molecule has 0 saturated heterocycles. The van der Waals surface area contributed by atoms with Crippen LogP contribution in [-0.4, -0.2) is 0 Å². The highest BCUT2D eigenvalue weighted by Gasteiger charge is 2.59. The molecule has 0 aromatic rings. The molecular formula is C45H80. The summed E-state index contributed by atoms with van der Waals surface area (Å²) in [5.74, 6) is 6.73. The molecule has 260 valence electrons. The van der Waals surface area contributed by atoms with Gasteiger partial charge in [-0.1, -0.05) is 155 Å². The normalized spacial score (nSPS) is 33.7. The highest BCUT2D eigenvalue weighted by atomic mass is 14.6. The number of rotatable bonds is 21. The summed E-state index contributed by atoms with van der Waals surface area (Å²) in [5, 5.41) is 0. The summed E-state index contributed by atoms with van der Waals surface area (Å²) in [5.41, 5.74) is 3.08. The molecule has 0 N–H and O–H groups in total. The van der Waals surface area contributed by atoms with E-state index in [2.05, 4.69) is 59.8 Å². The average Bonchev–Trinajstić information content (AvgIpc) is 3.38. The minimum Gasteiger partial charge on any atom is -0.0885 e. The van der Waals surface area contributed by atoms with Crippen molar-refractivity contribution >= 4 is 0 Å². The molecule has 0 bridgehead atoms. The first kappa shape index (κ1) is 37.3. The molecule has 4 aliphatic rings. The third kappa shape index (κ3) is 10.2. The summed E-state index contributed by atoms with van der Waals surface area (Å²) in [6.45, 7) is 15.2. The van der Waals surface area contributed by atoms with E-state index in [0.717, 1.165) is 41.4 Å². The van der Waals surface area contributed by atoms with E-state index in [9.17, 15) is 0 Å². The molecule has 0 radical (unpaired) electrons. The lowest BCUT2D eigenvalue weighted by atomic mass is 9.46. The van der Waals surface area contributed by atoms with Gasteiger partial charge >= 0.3 is 0 Å². The lowest BCUT2D eigenvalue weighted by molar-refractivity contribution is -0.0529. The topological polar surface area (TPSA) is 0 Å². The lowest BCUT2D eigenvalue weighted by Crippen LogP contribution is -2.50. The van der Waals surface area contributed by atoms with Crippen molar-refractivity contribution in [3.8, 4) is 0 Å². The largest absolute Gasteiger partial charge is 0.0885 e. The minimum atomic E-state index is 0.533. The summed E-state index contributed by atoms with van der Waals surface area (Å²) in [4.78, 5) is 0. The number of hydrogen-bond donors (Lipinski definition) is 0. The van der Waals surface area contributed by atoms with E-state index in [1.54, 1.807) is 0 Å². The molecule has 45 heavy (non-hydrogen) atoms. The van der Waals surface area contributed by atoms with Crippen LogP contribution in [0.3, 0.4) is 0 Å². The van der Waals surface area contributed by atoms with Crippen LogP contribution >= 0.6 is 0 Å². The fourth-order valence-corrected chi connectivity index (χ4v) is 11.7. The molecule has 8 atom stereocenters. The first-order valence-electron chi connectivity index (χ1n) is 21.1. The molecule has 0 aromatic carbocycles. The third-order valence-electron chi connectivity index (χ3n) is 14.5. The Balaban J connectivity index is 1.11. The third-order valence-corrected chi connectivity index (χ3v) is 14.5. The van der Waals surface area contributed by atoms with Gasteiger partial charge in [0.2, 0.25) is 0 Å². The second kappa shape index (κ2) is 18.9. The molecule has 0 spiro atoms. The van der Waals surface area contributed by atoms with Crippen molar-refractivity contribution in [3.05, 3.63) is 23.8 Å². The minimum absolute atomic E-state index is 0.533. The summed E-state index contributed by atoms with van der Waals surface area (Å²) >= 11 is 0. The molecule has 0 nitrogen and oxygen atoms in total. The molecule has 0 aliphatic heterocycles. The van der Waals surface area contributed by atoms with Crippen molar-refractivity contribution in [3.63, 3.8) is 0 Å². The molecular weight excluding hydrogens is 540 g/mol. The Morgan fingerprint density at radius 2 is 1.38 bits per heavy atom. The van der Waals surface area contributed by atoms with E-state index in [-0.39, 0.29) is 0 Å². The van der Waals surface area contributed by atoms with Crippen LogP contribution in [0.4, 0.5) is 0 Å². The van der Waals surface area contributed by atoms with Crippen LogP contribution in [0.5, 0.6) is 0 Å². The van der Waals surface area contributed by atoms with Gasteiger partial charge in [-0.25, -0.2) is 0 Å². The van der Waals surface area contributed by atoms with Gasteiger partial charge in [0, 0.05) is 0 Å². The Bertz CT molecular complexity index is 876. The second-order valence-electron chi connectivity index (χ2n) is 18.1. The Morgan fingerprint density at radius 3 is 2.07 bits per heavy atom. The van der Waals surface area contributed by atoms with Crippen LogP contribution < -0.4 is 0 Å². The van der Waals surface area contributed by atoms with Crippen LogP contribution in [0.15, 0.2) is 23.8 Å². The first-order valence-corrected chi connectivity index (χ1v) is 21.1. The number of fused-ring (bicyclic) bond motifs is 5. The fourth-order valence-electron chi connectivity index (χ4n) is 11.7. The van der Waals surface area contributed by atoms with Crippen molar-refractivity contribution in [2.24, 2.45) is 52.3 Å². The van der Waals surface area contributed by atoms with Gasteiger partial charge in [0.1, 0.15) is 0 Å². The SMILES string of the molecule is CCCCCCCCC=CCCCCCCCCC1CC[C@@]2(C)C(=CCC3C2CC[C@@]2(C)C3CC[C@@H]2[C@H](C)CCCC(C)C)C1. The van der Waals surface area contributed by atoms with Crippen LogP contribution in [-0.2, 0) is 0 Å². The van der Waals surface area contributed by atoms with E-state index in [1.807, 2.05) is 5.57 Å². The quantitative estimate of drug-likeness (QED) is 0.0884. The maximum Gasteiger partial charge on any atom is -0.00851 e. The van der Waals surface area contributed by atoms with E-state index < -0.39 is 0 Å². The van der Waals surface area contributed by atoms with Gasteiger partial charge in [0.25, 0.3) is 0 Å². The molecule has 0 aromatic heterocycles. The molecule has 3 saturated carbocycles. The standard InChI is InChI=1S/C45H80/c1-7-8-9-10-11-12-13-14-15-16-17-18-19-20-21-22-26-38-31-33-44(5)39(35-38)27-28-40-42-30-29-41(37(4)25-23-24-36(2)3)45(42,6)34-32-43(40)44/h14-15,27,36-38,40-43H,7-13,16-26,28-35H2,1-6H3/t37-,38?,40?,41-,42?,43?,44+,45-/m1/s1. The van der Waals surface area contributed by atoms with Crippen molar-refractivity contribution < 1.29 is 0 Å². The summed E-state index contributed by atoms with van der Waals surface area (Å²) in [7, 11) is 0. The van der Waals surface area contributed by atoms with Crippen molar-refractivity contribution in [2.45, 2.75) is 208 Å². The van der Waals surface area contributed by atoms with Gasteiger partial charge in [-0.05, 0) is 129 Å². The Morgan fingerprint density at radius 1 is 0.711 bits per heavy atom. The average molecular weight is 621 g/mol. The van der Waals surface area contributed by atoms with Crippen molar-refractivity contribution in [1.82, 2.24) is 0 Å². The van der Waals surface area contributed by atoms with Gasteiger partial charge in [0.05, 0.1) is 0 Å². The van der Waals surface area contributed by atoms with Crippen molar-refractivity contribution in [2.75, 3.05) is 0 Å². The van der Waals surface area contributed by atoms with E-state index in [1.165, 1.54) is 167 Å². The predicted molar refractivity (Wildman–Crippen MR) is 201 cm³/mol. The van der Waals surface area contributed by atoms with Crippen molar-refractivity contribution in [1.29, 1.82) is 0 Å². The number of unbranched alkanes of at least 4 members (excludes halogenated alkanes) is 12. The van der Waals surface area contributed by atoms with E-state index in [4.69, 9.17) is 0 Å². The second-order valence-corrected chi connectivity index (χ2v) is 18.1. The van der Waals surface area contributed by atoms with E-state index in [0.29, 0.717) is 10.8 Å². The van der Waals surface area contributed by atoms with Crippen LogP contribution in [0, 0.1) is 52.3 Å². The van der Waals surface area contributed by atoms with Gasteiger partial charge in [-0.15, -0.1) is 0 Å². The molecule has 0 heteroatoms. The van der Waals surface area contributed by atoms with E-state index >= 15 is 0 Å². The smallest absolute Gasteiger partial charge is 0.00851 e. The molecule has 4 aliphatic carbocycles. The maximum absolute atomic E-state index is 2.83. The first-order chi connectivity index (χ1) is 21.8. The van der Waals surface area contributed by atoms with Gasteiger partial charge in [-0.3, -0.25) is 0 Å². The Kier molecular flexibility index (Phi) is 15.6. The zero-order chi connectivity index (χ0) is 32.1. The zero-order valence-electron chi connectivity index (χ0n) is 31.7. The van der Waals surface area contributed by atoms with Crippen LogP contribution in [0.25, 0.3) is 0 Å². The molecule has 4 rings (SSSR count). The van der Waals surface area contributed by atoms with Gasteiger partial charge in [-0.2, -0.15) is 0 Å². The Hall–Kier alpha value is -0.520. The molecule has 4 unspecified atom stereocenters. The molecule has 3 fully saturated rings. The maximum atomic E-state index is 2.83. The highest BCUT2D eigenvalue weighted by Crippen LogP contribution is 2.67. The highest BCUT2D eigenvalue weighted by molar-refractivity contribution is 5.25. The van der Waals surface area contributed by atoms with Gasteiger partial charge in [0.15, 0.2) is 0 Å². The molecule has 0 amide bonds. The zero-order valence-corrected chi connectivity index (χ0v) is 31.7. The Labute approximate surface area is 283 Å². The van der Waals surface area contributed by atoms with Crippen LogP contribution in [0.1, 0.15) is 208 Å². The van der Waals surface area contributed by atoms with Gasteiger partial charge < -0.3 is 0 Å². The number of hydrogen-bond acceptors (Lipinski definition) is 0. The summed E-state index contributed by atoms with van der Waals surface area (Å²) in [6.07, 6.45) is 45.5. The monoisotopic (exact) mass is 621 g/mol. The lowest BCUT2D eigenvalue weighted by Gasteiger charge is -2.58. The number of allylic oxidation sites excluding steroid dienone is 4. The predicted octanol–water partition coefficient (Wildman–Crippen LogP) is 15.1. The fraction of sp³-hybridized carbons (Fsp3) is 0.911. The summed E-state index contributed by atoms with van der Waals surface area (Å²) < 4.78 is 0.